The Morgan fingerprint density at radius 3 is 2.10 bits per heavy atom. The number of hydrogen-bond donors (Lipinski definition) is 0. The molecule has 0 unspecified atom stereocenters. The largest absolute Gasteiger partial charge is 0.274 e. The molecule has 2 bridgehead atoms. The molecule has 0 N–H and O–H groups in total. The van der Waals surface area contributed by atoms with E-state index in [9.17, 15) is 9.59 Å². The fourth-order valence-electron chi connectivity index (χ4n) is 3.94. The van der Waals surface area contributed by atoms with Crippen molar-refractivity contribution in [3.63, 3.8) is 0 Å². The number of carbonyl (C=O) groups excluding carboxylic acids is 2. The summed E-state index contributed by atoms with van der Waals surface area (Å²) in [5, 5.41) is 0. The Hall–Kier alpha value is -1.17. The molecular weight excluding hydrogens is 365 g/mol. The fraction of sp³-hybridized carbons (Fsp3) is 0.375. The number of imide groups is 1. The molecule has 1 aliphatic heterocycles. The Kier molecular flexibility index (Phi) is 2.77. The summed E-state index contributed by atoms with van der Waals surface area (Å²) in [5.74, 6) is 0.277. The van der Waals surface area contributed by atoms with E-state index in [-0.39, 0.29) is 35.5 Å². The zero-order valence-corrected chi connectivity index (χ0v) is 13.0. The second-order valence-corrected chi connectivity index (χ2v) is 7.08. The number of nitrogens with zero attached hydrogens (tertiary/aromatic N) is 1. The van der Waals surface area contributed by atoms with Gasteiger partial charge in [-0.25, -0.2) is 4.90 Å². The van der Waals surface area contributed by atoms with Crippen molar-refractivity contribution in [2.75, 3.05) is 4.90 Å². The third kappa shape index (κ3) is 1.63. The summed E-state index contributed by atoms with van der Waals surface area (Å²) in [6.45, 7) is 0. The Morgan fingerprint density at radius 1 is 1.00 bits per heavy atom. The van der Waals surface area contributed by atoms with Gasteiger partial charge in [0.05, 0.1) is 17.5 Å². The summed E-state index contributed by atoms with van der Waals surface area (Å²) in [5.41, 5.74) is 0.723. The van der Waals surface area contributed by atoms with Gasteiger partial charge in [0, 0.05) is 3.57 Å². The monoisotopic (exact) mass is 379 g/mol. The van der Waals surface area contributed by atoms with Crippen LogP contribution in [0.5, 0.6) is 0 Å². The highest BCUT2D eigenvalue weighted by atomic mass is 127. The number of hydrogen-bond acceptors (Lipinski definition) is 2. The number of allylic oxidation sites excluding steroid dienone is 2. The van der Waals surface area contributed by atoms with Gasteiger partial charge < -0.3 is 0 Å². The van der Waals surface area contributed by atoms with Crippen molar-refractivity contribution in [2.24, 2.45) is 23.7 Å². The maximum atomic E-state index is 12.7. The van der Waals surface area contributed by atoms with Gasteiger partial charge in [0.1, 0.15) is 0 Å². The number of halogens is 1. The van der Waals surface area contributed by atoms with Crippen LogP contribution in [0.1, 0.15) is 12.8 Å². The van der Waals surface area contributed by atoms with Crippen molar-refractivity contribution < 1.29 is 9.59 Å². The molecule has 0 radical (unpaired) electrons. The molecule has 0 aromatic heterocycles. The molecule has 4 atom stereocenters. The Balaban J connectivity index is 1.77. The highest BCUT2D eigenvalue weighted by Gasteiger charge is 2.56. The summed E-state index contributed by atoms with van der Waals surface area (Å²) in [7, 11) is 0. The summed E-state index contributed by atoms with van der Waals surface area (Å²) in [6.07, 6.45) is 6.39. The smallest absolute Gasteiger partial charge is 0.238 e. The standard InChI is InChI=1S/C16H14INO2/c17-11-2-1-3-12(8-11)18-15(19)13-9-4-5-10(7-6-9)14(13)16(18)20/h1-5,8-10,13-14H,6-7H2/t9-,10-,13-,14-/m1/s1. The van der Waals surface area contributed by atoms with Gasteiger partial charge in [0.25, 0.3) is 0 Å². The number of anilines is 1. The van der Waals surface area contributed by atoms with Gasteiger partial charge in [-0.15, -0.1) is 0 Å². The first-order valence-corrected chi connectivity index (χ1v) is 8.06. The van der Waals surface area contributed by atoms with E-state index < -0.39 is 0 Å². The summed E-state index contributed by atoms with van der Waals surface area (Å²) >= 11 is 2.21. The van der Waals surface area contributed by atoms with Crippen LogP contribution in [0.3, 0.4) is 0 Å². The molecule has 5 rings (SSSR count). The van der Waals surface area contributed by atoms with Crippen LogP contribution in [-0.2, 0) is 9.59 Å². The molecule has 1 aromatic rings. The first kappa shape index (κ1) is 12.6. The van der Waals surface area contributed by atoms with E-state index >= 15 is 0 Å². The number of rotatable bonds is 1. The molecule has 102 valence electrons. The molecule has 1 heterocycles. The second-order valence-electron chi connectivity index (χ2n) is 5.83. The van der Waals surface area contributed by atoms with E-state index in [0.717, 1.165) is 22.1 Å². The lowest BCUT2D eigenvalue weighted by atomic mass is 9.63. The highest BCUT2D eigenvalue weighted by molar-refractivity contribution is 14.1. The quantitative estimate of drug-likeness (QED) is 0.428. The Morgan fingerprint density at radius 2 is 1.60 bits per heavy atom. The second kappa shape index (κ2) is 4.41. The molecule has 1 aromatic carbocycles. The SMILES string of the molecule is O=C1[C@H]2[C@H](C(=O)N1c1cccc(I)c1)[C@@H]1C=C[C@@H]2CC1. The van der Waals surface area contributed by atoms with Crippen molar-refractivity contribution in [1.29, 1.82) is 0 Å². The van der Waals surface area contributed by atoms with Crippen molar-refractivity contribution >= 4 is 40.1 Å². The van der Waals surface area contributed by atoms with Crippen LogP contribution in [0.15, 0.2) is 36.4 Å². The number of amides is 2. The zero-order valence-electron chi connectivity index (χ0n) is 10.8. The van der Waals surface area contributed by atoms with Crippen molar-refractivity contribution in [2.45, 2.75) is 12.8 Å². The van der Waals surface area contributed by atoms with Crippen molar-refractivity contribution in [3.8, 4) is 0 Å². The van der Waals surface area contributed by atoms with E-state index in [4.69, 9.17) is 0 Å². The lowest BCUT2D eigenvalue weighted by molar-refractivity contribution is -0.124. The van der Waals surface area contributed by atoms with Gasteiger partial charge in [-0.1, -0.05) is 18.2 Å². The zero-order chi connectivity index (χ0) is 13.9. The summed E-state index contributed by atoms with van der Waals surface area (Å²) in [4.78, 5) is 26.9. The Bertz CT molecular complexity index is 607. The number of benzene rings is 1. The molecule has 2 fully saturated rings. The first-order valence-electron chi connectivity index (χ1n) is 6.98. The fourth-order valence-corrected chi connectivity index (χ4v) is 4.47. The predicted molar refractivity (Wildman–Crippen MR) is 84.0 cm³/mol. The van der Waals surface area contributed by atoms with Crippen LogP contribution in [0.4, 0.5) is 5.69 Å². The average molecular weight is 379 g/mol. The highest BCUT2D eigenvalue weighted by Crippen LogP contribution is 2.50. The minimum Gasteiger partial charge on any atom is -0.274 e. The van der Waals surface area contributed by atoms with Gasteiger partial charge in [-0.3, -0.25) is 9.59 Å². The predicted octanol–water partition coefficient (Wildman–Crippen LogP) is 2.99. The average Bonchev–Trinajstić information content (AvgIpc) is 2.74. The molecule has 3 nitrogen and oxygen atoms in total. The molecule has 3 aliphatic carbocycles. The molecule has 1 saturated heterocycles. The van der Waals surface area contributed by atoms with E-state index in [2.05, 4.69) is 34.7 Å². The Labute approximate surface area is 131 Å². The minimum atomic E-state index is -0.121. The maximum absolute atomic E-state index is 12.7. The topological polar surface area (TPSA) is 37.4 Å². The van der Waals surface area contributed by atoms with E-state index in [1.54, 1.807) is 0 Å². The van der Waals surface area contributed by atoms with Crippen LogP contribution in [0, 0.1) is 27.2 Å². The van der Waals surface area contributed by atoms with Crippen LogP contribution in [0.25, 0.3) is 0 Å². The molecule has 0 spiro atoms. The first-order chi connectivity index (χ1) is 9.66. The van der Waals surface area contributed by atoms with Gasteiger partial charge in [0.2, 0.25) is 11.8 Å². The van der Waals surface area contributed by atoms with Crippen molar-refractivity contribution in [3.05, 3.63) is 40.0 Å². The van der Waals surface area contributed by atoms with Crippen LogP contribution >= 0.6 is 22.6 Å². The normalized spacial score (nSPS) is 34.8. The third-order valence-corrected chi connectivity index (χ3v) is 5.50. The van der Waals surface area contributed by atoms with Crippen LogP contribution < -0.4 is 4.90 Å². The maximum Gasteiger partial charge on any atom is 0.238 e. The number of fused-ring (bicyclic) bond motifs is 1. The lowest BCUT2D eigenvalue weighted by Gasteiger charge is -2.38. The summed E-state index contributed by atoms with van der Waals surface area (Å²) in [6, 6.07) is 7.62. The van der Waals surface area contributed by atoms with E-state index in [1.165, 1.54) is 4.90 Å². The van der Waals surface area contributed by atoms with E-state index in [0.29, 0.717) is 0 Å². The van der Waals surface area contributed by atoms with Gasteiger partial charge in [-0.05, 0) is 65.5 Å². The third-order valence-electron chi connectivity index (χ3n) is 4.83. The molecule has 4 heteroatoms. The number of carbonyl (C=O) groups is 2. The minimum absolute atomic E-state index is 0.000972. The van der Waals surface area contributed by atoms with Crippen LogP contribution in [-0.4, -0.2) is 11.8 Å². The van der Waals surface area contributed by atoms with Gasteiger partial charge >= 0.3 is 0 Å². The van der Waals surface area contributed by atoms with Crippen molar-refractivity contribution in [1.82, 2.24) is 0 Å². The molecule has 2 amide bonds. The molecular formula is C16H14INO2. The van der Waals surface area contributed by atoms with E-state index in [1.807, 2.05) is 24.3 Å². The van der Waals surface area contributed by atoms with Gasteiger partial charge in [-0.2, -0.15) is 0 Å². The molecule has 1 saturated carbocycles. The summed E-state index contributed by atoms with van der Waals surface area (Å²) < 4.78 is 1.04. The lowest BCUT2D eigenvalue weighted by Crippen LogP contribution is -2.38. The van der Waals surface area contributed by atoms with Crippen LogP contribution in [0.2, 0.25) is 0 Å². The molecule has 4 aliphatic rings. The molecule has 20 heavy (non-hydrogen) atoms. The van der Waals surface area contributed by atoms with Gasteiger partial charge in [0.15, 0.2) is 0 Å².